The molecule has 2 nitrogen and oxygen atoms in total. The normalized spacial score (nSPS) is 23.6. The monoisotopic (exact) mass is 231 g/mol. The van der Waals surface area contributed by atoms with Gasteiger partial charge >= 0.3 is 0 Å². The van der Waals surface area contributed by atoms with Crippen LogP contribution in [0.2, 0.25) is 0 Å². The SMILES string of the molecule is COc1cccc2c1CCC(N(C)C1CC1)C2. The number of hydrogen-bond donors (Lipinski definition) is 0. The lowest BCUT2D eigenvalue weighted by molar-refractivity contribution is 0.211. The van der Waals surface area contributed by atoms with Crippen LogP contribution in [0.15, 0.2) is 18.2 Å². The zero-order chi connectivity index (χ0) is 11.8. The fourth-order valence-corrected chi connectivity index (χ4v) is 3.07. The van der Waals surface area contributed by atoms with Gasteiger partial charge in [-0.2, -0.15) is 0 Å². The van der Waals surface area contributed by atoms with Crippen molar-refractivity contribution in [1.82, 2.24) is 4.90 Å². The van der Waals surface area contributed by atoms with Crippen molar-refractivity contribution in [1.29, 1.82) is 0 Å². The molecule has 0 aromatic heterocycles. The Kier molecular flexibility index (Phi) is 2.83. The van der Waals surface area contributed by atoms with E-state index in [1.54, 1.807) is 7.11 Å². The zero-order valence-corrected chi connectivity index (χ0v) is 10.8. The van der Waals surface area contributed by atoms with E-state index in [2.05, 4.69) is 30.1 Å². The Balaban J connectivity index is 1.80. The average Bonchev–Trinajstić information content (AvgIpc) is 3.20. The fraction of sp³-hybridized carbons (Fsp3) is 0.600. The molecule has 0 bridgehead atoms. The predicted octanol–water partition coefficient (Wildman–Crippen LogP) is 2.65. The number of nitrogens with zero attached hydrogens (tertiary/aromatic N) is 1. The quantitative estimate of drug-likeness (QED) is 0.793. The number of methoxy groups -OCH3 is 1. The minimum atomic E-state index is 0.738. The van der Waals surface area contributed by atoms with Crippen molar-refractivity contribution < 1.29 is 4.74 Å². The molecule has 17 heavy (non-hydrogen) atoms. The van der Waals surface area contributed by atoms with Gasteiger partial charge in [0.25, 0.3) is 0 Å². The summed E-state index contributed by atoms with van der Waals surface area (Å²) < 4.78 is 5.45. The van der Waals surface area contributed by atoms with Crippen molar-refractivity contribution in [2.45, 2.75) is 44.2 Å². The molecule has 1 fully saturated rings. The molecule has 1 atom stereocenters. The first-order valence-corrected chi connectivity index (χ1v) is 6.66. The minimum absolute atomic E-state index is 0.738. The molecule has 0 spiro atoms. The van der Waals surface area contributed by atoms with Gasteiger partial charge in [-0.15, -0.1) is 0 Å². The van der Waals surface area contributed by atoms with Crippen LogP contribution in [0.5, 0.6) is 5.75 Å². The molecule has 1 unspecified atom stereocenters. The van der Waals surface area contributed by atoms with Crippen LogP contribution in [0.1, 0.15) is 30.4 Å². The van der Waals surface area contributed by atoms with Gasteiger partial charge in [-0.05, 0) is 56.3 Å². The Hall–Kier alpha value is -1.02. The van der Waals surface area contributed by atoms with Crippen molar-refractivity contribution in [2.24, 2.45) is 0 Å². The van der Waals surface area contributed by atoms with Crippen LogP contribution in [0.4, 0.5) is 0 Å². The molecule has 2 heteroatoms. The highest BCUT2D eigenvalue weighted by Crippen LogP contribution is 2.34. The average molecular weight is 231 g/mol. The molecule has 0 heterocycles. The first kappa shape index (κ1) is 11.1. The Morgan fingerprint density at radius 2 is 2.00 bits per heavy atom. The van der Waals surface area contributed by atoms with E-state index in [-0.39, 0.29) is 0 Å². The molecule has 0 amide bonds. The van der Waals surface area contributed by atoms with Gasteiger partial charge in [-0.1, -0.05) is 12.1 Å². The molecule has 1 saturated carbocycles. The summed E-state index contributed by atoms with van der Waals surface area (Å²) in [4.78, 5) is 2.60. The lowest BCUT2D eigenvalue weighted by atomic mass is 9.87. The van der Waals surface area contributed by atoms with Crippen molar-refractivity contribution >= 4 is 0 Å². The van der Waals surface area contributed by atoms with Crippen molar-refractivity contribution in [3.8, 4) is 5.75 Å². The molecule has 2 aliphatic rings. The van der Waals surface area contributed by atoms with Gasteiger partial charge < -0.3 is 9.64 Å². The van der Waals surface area contributed by atoms with Gasteiger partial charge in [0, 0.05) is 12.1 Å². The molecule has 92 valence electrons. The van der Waals surface area contributed by atoms with E-state index < -0.39 is 0 Å². The smallest absolute Gasteiger partial charge is 0.122 e. The first-order valence-electron chi connectivity index (χ1n) is 6.66. The number of likely N-dealkylation sites (N-methyl/N-ethyl adjacent to an activating group) is 1. The van der Waals surface area contributed by atoms with E-state index in [1.807, 2.05) is 0 Å². The Morgan fingerprint density at radius 3 is 2.71 bits per heavy atom. The number of rotatable bonds is 3. The fourth-order valence-electron chi connectivity index (χ4n) is 3.07. The van der Waals surface area contributed by atoms with E-state index in [4.69, 9.17) is 4.74 Å². The van der Waals surface area contributed by atoms with Crippen LogP contribution in [0.25, 0.3) is 0 Å². The molecule has 0 saturated heterocycles. The molecule has 1 aromatic carbocycles. The largest absolute Gasteiger partial charge is 0.496 e. The van der Waals surface area contributed by atoms with Crippen molar-refractivity contribution in [3.05, 3.63) is 29.3 Å². The maximum Gasteiger partial charge on any atom is 0.122 e. The van der Waals surface area contributed by atoms with Crippen LogP contribution < -0.4 is 4.74 Å². The van der Waals surface area contributed by atoms with Gasteiger partial charge in [0.1, 0.15) is 5.75 Å². The van der Waals surface area contributed by atoms with Gasteiger partial charge in [0.2, 0.25) is 0 Å². The van der Waals surface area contributed by atoms with Gasteiger partial charge in [-0.25, -0.2) is 0 Å². The van der Waals surface area contributed by atoms with E-state index in [0.717, 1.165) is 17.8 Å². The molecule has 0 N–H and O–H groups in total. The number of ether oxygens (including phenoxy) is 1. The van der Waals surface area contributed by atoms with Crippen LogP contribution in [-0.2, 0) is 12.8 Å². The molecular formula is C15H21NO. The second kappa shape index (κ2) is 4.34. The summed E-state index contributed by atoms with van der Waals surface area (Å²) in [6.07, 6.45) is 6.44. The third-order valence-electron chi connectivity index (χ3n) is 4.33. The highest BCUT2D eigenvalue weighted by molar-refractivity contribution is 5.42. The summed E-state index contributed by atoms with van der Waals surface area (Å²) in [6, 6.07) is 8.08. The summed E-state index contributed by atoms with van der Waals surface area (Å²) in [7, 11) is 4.07. The van der Waals surface area contributed by atoms with E-state index in [9.17, 15) is 0 Å². The van der Waals surface area contributed by atoms with E-state index in [1.165, 1.54) is 43.2 Å². The highest BCUT2D eigenvalue weighted by atomic mass is 16.5. The van der Waals surface area contributed by atoms with Gasteiger partial charge in [-0.3, -0.25) is 0 Å². The summed E-state index contributed by atoms with van der Waals surface area (Å²) >= 11 is 0. The second-order valence-corrected chi connectivity index (χ2v) is 5.39. The Bertz CT molecular complexity index is 411. The summed E-state index contributed by atoms with van der Waals surface area (Å²) in [5.41, 5.74) is 2.93. The molecular weight excluding hydrogens is 210 g/mol. The highest BCUT2D eigenvalue weighted by Gasteiger charge is 2.33. The third kappa shape index (κ3) is 2.06. The minimum Gasteiger partial charge on any atom is -0.496 e. The third-order valence-corrected chi connectivity index (χ3v) is 4.33. The lowest BCUT2D eigenvalue weighted by Gasteiger charge is -2.33. The molecule has 2 aliphatic carbocycles. The van der Waals surface area contributed by atoms with Gasteiger partial charge in [0.15, 0.2) is 0 Å². The summed E-state index contributed by atoms with van der Waals surface area (Å²) in [5, 5.41) is 0. The molecule has 3 rings (SSSR count). The number of benzene rings is 1. The molecule has 0 aliphatic heterocycles. The summed E-state index contributed by atoms with van der Waals surface area (Å²) in [5.74, 6) is 1.08. The second-order valence-electron chi connectivity index (χ2n) is 5.39. The molecule has 0 radical (unpaired) electrons. The summed E-state index contributed by atoms with van der Waals surface area (Å²) in [6.45, 7) is 0. The number of hydrogen-bond acceptors (Lipinski definition) is 2. The topological polar surface area (TPSA) is 12.5 Å². The van der Waals surface area contributed by atoms with E-state index in [0.29, 0.717) is 0 Å². The maximum absolute atomic E-state index is 5.45. The van der Waals surface area contributed by atoms with Crippen LogP contribution in [0.3, 0.4) is 0 Å². The number of fused-ring (bicyclic) bond motifs is 1. The van der Waals surface area contributed by atoms with Crippen LogP contribution in [0, 0.1) is 0 Å². The van der Waals surface area contributed by atoms with E-state index >= 15 is 0 Å². The Labute approximate surface area is 104 Å². The van der Waals surface area contributed by atoms with Crippen molar-refractivity contribution in [2.75, 3.05) is 14.2 Å². The van der Waals surface area contributed by atoms with Crippen LogP contribution in [-0.4, -0.2) is 31.1 Å². The first-order chi connectivity index (χ1) is 8.29. The standard InChI is InChI=1S/C15H21NO/c1-16(12-6-7-12)13-8-9-14-11(10-13)4-3-5-15(14)17-2/h3-5,12-13H,6-10H2,1-2H3. The Morgan fingerprint density at radius 1 is 1.18 bits per heavy atom. The van der Waals surface area contributed by atoms with Crippen molar-refractivity contribution in [3.63, 3.8) is 0 Å². The predicted molar refractivity (Wildman–Crippen MR) is 69.6 cm³/mol. The van der Waals surface area contributed by atoms with Gasteiger partial charge in [0.05, 0.1) is 7.11 Å². The zero-order valence-electron chi connectivity index (χ0n) is 10.8. The van der Waals surface area contributed by atoms with Crippen LogP contribution >= 0.6 is 0 Å². The lowest BCUT2D eigenvalue weighted by Crippen LogP contribution is -2.37. The molecule has 1 aromatic rings. The maximum atomic E-state index is 5.45.